The van der Waals surface area contributed by atoms with E-state index in [4.69, 9.17) is 5.73 Å². The number of thiazole rings is 1. The minimum absolute atomic E-state index is 0.254. The Morgan fingerprint density at radius 2 is 2.18 bits per heavy atom. The van der Waals surface area contributed by atoms with E-state index in [1.165, 1.54) is 17.5 Å². The number of nitrogens with two attached hydrogens (primary N) is 1. The molecule has 0 fully saturated rings. The van der Waals surface area contributed by atoms with Gasteiger partial charge in [0.05, 0.1) is 6.20 Å². The number of rotatable bonds is 2. The van der Waals surface area contributed by atoms with E-state index in [0.29, 0.717) is 20.2 Å². The summed E-state index contributed by atoms with van der Waals surface area (Å²) in [6.45, 7) is 0. The quantitative estimate of drug-likeness (QED) is 0.836. The van der Waals surface area contributed by atoms with Gasteiger partial charge in [-0.05, 0) is 31.9 Å². The molecule has 88 valence electrons. The van der Waals surface area contributed by atoms with Crippen LogP contribution in [0.25, 0.3) is 0 Å². The number of amides is 1. The van der Waals surface area contributed by atoms with E-state index in [9.17, 15) is 4.79 Å². The predicted molar refractivity (Wildman–Crippen MR) is 71.9 cm³/mol. The van der Waals surface area contributed by atoms with E-state index in [0.717, 1.165) is 0 Å². The Balaban J connectivity index is 2.18. The van der Waals surface area contributed by atoms with Crippen molar-refractivity contribution in [2.24, 2.45) is 0 Å². The zero-order chi connectivity index (χ0) is 12.4. The van der Waals surface area contributed by atoms with Crippen molar-refractivity contribution >= 4 is 60.1 Å². The largest absolute Gasteiger partial charge is 0.375 e. The molecule has 0 bridgehead atoms. The normalized spacial score (nSPS) is 10.2. The SMILES string of the molecule is Nc1nc(C(=O)Nc2ncc(Br)nc2Br)cs1. The Labute approximate surface area is 117 Å². The molecular weight excluding hydrogens is 374 g/mol. The second-order valence-electron chi connectivity index (χ2n) is 2.86. The molecule has 1 amide bonds. The summed E-state index contributed by atoms with van der Waals surface area (Å²) in [5, 5.41) is 4.49. The molecule has 17 heavy (non-hydrogen) atoms. The van der Waals surface area contributed by atoms with Gasteiger partial charge in [-0.15, -0.1) is 11.3 Å². The summed E-state index contributed by atoms with van der Waals surface area (Å²) >= 11 is 7.56. The zero-order valence-corrected chi connectivity index (χ0v) is 12.1. The van der Waals surface area contributed by atoms with Gasteiger partial charge in [-0.1, -0.05) is 0 Å². The molecule has 9 heteroatoms. The number of aromatic nitrogens is 3. The monoisotopic (exact) mass is 377 g/mol. The van der Waals surface area contributed by atoms with E-state index < -0.39 is 0 Å². The average molecular weight is 379 g/mol. The van der Waals surface area contributed by atoms with Crippen LogP contribution in [0.2, 0.25) is 0 Å². The van der Waals surface area contributed by atoms with Crippen molar-refractivity contribution in [2.75, 3.05) is 11.1 Å². The Kier molecular flexibility index (Phi) is 3.69. The highest BCUT2D eigenvalue weighted by Crippen LogP contribution is 2.20. The Morgan fingerprint density at radius 3 is 2.76 bits per heavy atom. The fourth-order valence-corrected chi connectivity index (χ4v) is 2.45. The maximum Gasteiger partial charge on any atom is 0.276 e. The molecule has 0 aliphatic carbocycles. The van der Waals surface area contributed by atoms with Gasteiger partial charge >= 0.3 is 0 Å². The molecule has 6 nitrogen and oxygen atoms in total. The Hall–Kier alpha value is -1.06. The van der Waals surface area contributed by atoms with Crippen LogP contribution in [0.1, 0.15) is 10.5 Å². The summed E-state index contributed by atoms with van der Waals surface area (Å²) in [5.74, 6) is -0.0555. The second-order valence-corrected chi connectivity index (χ2v) is 5.31. The fourth-order valence-electron chi connectivity index (χ4n) is 0.994. The van der Waals surface area contributed by atoms with Crippen molar-refractivity contribution in [1.82, 2.24) is 15.0 Å². The van der Waals surface area contributed by atoms with Gasteiger partial charge in [0, 0.05) is 5.38 Å². The first-order valence-electron chi connectivity index (χ1n) is 4.26. The van der Waals surface area contributed by atoms with Crippen molar-refractivity contribution < 1.29 is 4.79 Å². The van der Waals surface area contributed by atoms with E-state index >= 15 is 0 Å². The van der Waals surface area contributed by atoms with E-state index in [-0.39, 0.29) is 11.6 Å². The number of anilines is 2. The first kappa shape index (κ1) is 12.4. The van der Waals surface area contributed by atoms with E-state index in [1.807, 2.05) is 0 Å². The summed E-state index contributed by atoms with van der Waals surface area (Å²) in [6, 6.07) is 0. The number of carbonyl (C=O) groups excluding carboxylic acids is 1. The average Bonchev–Trinajstić information content (AvgIpc) is 2.69. The lowest BCUT2D eigenvalue weighted by molar-refractivity contribution is 0.102. The van der Waals surface area contributed by atoms with Crippen LogP contribution in [0.15, 0.2) is 20.8 Å². The number of halogens is 2. The zero-order valence-electron chi connectivity index (χ0n) is 8.15. The molecule has 0 aliphatic rings. The maximum absolute atomic E-state index is 11.7. The highest BCUT2D eigenvalue weighted by atomic mass is 79.9. The van der Waals surface area contributed by atoms with Gasteiger partial charge < -0.3 is 11.1 Å². The maximum atomic E-state index is 11.7. The van der Waals surface area contributed by atoms with E-state index in [1.54, 1.807) is 5.38 Å². The summed E-state index contributed by atoms with van der Waals surface area (Å²) in [6.07, 6.45) is 1.48. The summed E-state index contributed by atoms with van der Waals surface area (Å²) < 4.78 is 1.00. The molecule has 0 spiro atoms. The van der Waals surface area contributed by atoms with Gasteiger partial charge in [-0.25, -0.2) is 15.0 Å². The molecule has 0 aromatic carbocycles. The molecule has 0 radical (unpaired) electrons. The van der Waals surface area contributed by atoms with E-state index in [2.05, 4.69) is 52.1 Å². The first-order chi connectivity index (χ1) is 8.06. The number of nitrogens with zero attached hydrogens (tertiary/aromatic N) is 3. The van der Waals surface area contributed by atoms with Gasteiger partial charge in [-0.3, -0.25) is 4.79 Å². The molecular formula is C8H5Br2N5OS. The van der Waals surface area contributed by atoms with Crippen LogP contribution in [-0.2, 0) is 0 Å². The second kappa shape index (κ2) is 5.07. The van der Waals surface area contributed by atoms with Crippen LogP contribution < -0.4 is 11.1 Å². The first-order valence-corrected chi connectivity index (χ1v) is 6.73. The van der Waals surface area contributed by atoms with Crippen molar-refractivity contribution in [1.29, 1.82) is 0 Å². The number of hydrogen-bond donors (Lipinski definition) is 2. The van der Waals surface area contributed by atoms with Crippen LogP contribution in [0.3, 0.4) is 0 Å². The van der Waals surface area contributed by atoms with Gasteiger partial charge in [0.2, 0.25) is 0 Å². The van der Waals surface area contributed by atoms with Gasteiger partial charge in [0.25, 0.3) is 5.91 Å². The fraction of sp³-hybridized carbons (Fsp3) is 0. The smallest absolute Gasteiger partial charge is 0.276 e. The van der Waals surface area contributed by atoms with Crippen molar-refractivity contribution in [3.05, 3.63) is 26.5 Å². The predicted octanol–water partition coefficient (Wildman–Crippen LogP) is 2.29. The number of carbonyl (C=O) groups is 1. The molecule has 0 aliphatic heterocycles. The molecule has 0 atom stereocenters. The lowest BCUT2D eigenvalue weighted by atomic mass is 10.4. The van der Waals surface area contributed by atoms with Crippen molar-refractivity contribution in [3.63, 3.8) is 0 Å². The summed E-state index contributed by atoms with van der Waals surface area (Å²) in [7, 11) is 0. The minimum Gasteiger partial charge on any atom is -0.375 e. The van der Waals surface area contributed by atoms with Gasteiger partial charge in [0.1, 0.15) is 14.9 Å². The third kappa shape index (κ3) is 2.99. The van der Waals surface area contributed by atoms with Gasteiger partial charge in [0.15, 0.2) is 10.9 Å². The molecule has 0 saturated heterocycles. The van der Waals surface area contributed by atoms with Crippen LogP contribution >= 0.6 is 43.2 Å². The molecule has 3 N–H and O–H groups in total. The standard InChI is InChI=1S/C8H5Br2N5OS/c9-4-1-12-6(5(10)14-4)15-7(16)3-2-17-8(11)13-3/h1-2H,(H2,11,13)(H,12,15,16). The Bertz CT molecular complexity index is 573. The topological polar surface area (TPSA) is 93.8 Å². The minimum atomic E-state index is -0.379. The molecule has 2 aromatic heterocycles. The molecule has 2 heterocycles. The van der Waals surface area contributed by atoms with Crippen molar-refractivity contribution in [2.45, 2.75) is 0 Å². The summed E-state index contributed by atoms with van der Waals surface area (Å²) in [5.41, 5.74) is 5.70. The third-order valence-corrected chi connectivity index (χ3v) is 3.30. The third-order valence-electron chi connectivity index (χ3n) is 1.69. The lowest BCUT2D eigenvalue weighted by Gasteiger charge is -2.03. The van der Waals surface area contributed by atoms with Crippen LogP contribution in [0.5, 0.6) is 0 Å². The van der Waals surface area contributed by atoms with Crippen molar-refractivity contribution in [3.8, 4) is 0 Å². The highest BCUT2D eigenvalue weighted by Gasteiger charge is 2.13. The molecule has 2 rings (SSSR count). The number of nitrogens with one attached hydrogen (secondary N) is 1. The highest BCUT2D eigenvalue weighted by molar-refractivity contribution is 9.11. The lowest BCUT2D eigenvalue weighted by Crippen LogP contribution is -2.14. The van der Waals surface area contributed by atoms with Gasteiger partial charge in [-0.2, -0.15) is 0 Å². The molecule has 0 saturated carbocycles. The molecule has 0 unspecified atom stereocenters. The molecule has 2 aromatic rings. The van der Waals surface area contributed by atoms with Crippen LogP contribution in [0, 0.1) is 0 Å². The van der Waals surface area contributed by atoms with Crippen LogP contribution in [-0.4, -0.2) is 20.9 Å². The number of hydrogen-bond acceptors (Lipinski definition) is 6. The number of nitrogen functional groups attached to an aromatic ring is 1. The van der Waals surface area contributed by atoms with Crippen LogP contribution in [0.4, 0.5) is 10.9 Å². The Morgan fingerprint density at radius 1 is 1.41 bits per heavy atom. The summed E-state index contributed by atoms with van der Waals surface area (Å²) in [4.78, 5) is 23.7.